The molecule has 112 valence electrons. The van der Waals surface area contributed by atoms with E-state index in [0.29, 0.717) is 5.02 Å². The van der Waals surface area contributed by atoms with E-state index < -0.39 is 12.0 Å². The molecule has 1 aromatic carbocycles. The van der Waals surface area contributed by atoms with E-state index in [1.54, 1.807) is 0 Å². The van der Waals surface area contributed by atoms with Gasteiger partial charge in [-0.3, -0.25) is 4.79 Å². The Kier molecular flexibility index (Phi) is 4.64. The van der Waals surface area contributed by atoms with Crippen molar-refractivity contribution in [3.63, 3.8) is 0 Å². The number of hydrogen-bond acceptors (Lipinski definition) is 3. The van der Waals surface area contributed by atoms with Crippen LogP contribution in [0.2, 0.25) is 5.02 Å². The maximum absolute atomic E-state index is 11.7. The number of halogens is 1. The number of aromatic carboxylic acids is 1. The molecular weight excluding hydrogens is 298 g/mol. The monoisotopic (exact) mass is 311 g/mol. The molecule has 3 amide bonds. The number of anilines is 1. The number of hydrogen-bond donors (Lipinski definition) is 4. The highest BCUT2D eigenvalue weighted by molar-refractivity contribution is 6.31. The Labute approximate surface area is 125 Å². The Balaban J connectivity index is 1.90. The largest absolute Gasteiger partial charge is 0.478 e. The van der Waals surface area contributed by atoms with Crippen molar-refractivity contribution in [2.75, 3.05) is 11.9 Å². The molecule has 0 aromatic heterocycles. The Morgan fingerprint density at radius 1 is 1.29 bits per heavy atom. The highest BCUT2D eigenvalue weighted by Crippen LogP contribution is 2.21. The maximum atomic E-state index is 11.7. The molecule has 0 heterocycles. The summed E-state index contributed by atoms with van der Waals surface area (Å²) in [7, 11) is 0. The lowest BCUT2D eigenvalue weighted by Gasteiger charge is -2.10. The molecule has 1 fully saturated rings. The number of rotatable bonds is 5. The number of nitrogens with one attached hydrogen (secondary N) is 3. The first-order valence-corrected chi connectivity index (χ1v) is 6.70. The second kappa shape index (κ2) is 6.45. The lowest BCUT2D eigenvalue weighted by molar-refractivity contribution is -0.120. The normalized spacial score (nSPS) is 13.4. The molecule has 0 unspecified atom stereocenters. The van der Waals surface area contributed by atoms with Crippen LogP contribution in [-0.4, -0.2) is 35.6 Å². The van der Waals surface area contributed by atoms with Crippen molar-refractivity contribution in [1.29, 1.82) is 0 Å². The summed E-state index contributed by atoms with van der Waals surface area (Å²) in [6.45, 7) is -0.175. The van der Waals surface area contributed by atoms with Crippen LogP contribution < -0.4 is 16.0 Å². The van der Waals surface area contributed by atoms with E-state index in [2.05, 4.69) is 16.0 Å². The molecule has 7 nitrogen and oxygen atoms in total. The zero-order valence-electron chi connectivity index (χ0n) is 11.0. The predicted molar refractivity (Wildman–Crippen MR) is 76.6 cm³/mol. The van der Waals surface area contributed by atoms with Crippen LogP contribution in [0.4, 0.5) is 10.5 Å². The lowest BCUT2D eigenvalue weighted by atomic mass is 10.2. The number of carboxylic acid groups (broad SMARTS) is 1. The molecule has 0 saturated heterocycles. The summed E-state index contributed by atoms with van der Waals surface area (Å²) in [5, 5.41) is 16.7. The molecule has 1 aromatic rings. The molecule has 21 heavy (non-hydrogen) atoms. The van der Waals surface area contributed by atoms with Crippen LogP contribution >= 0.6 is 11.6 Å². The van der Waals surface area contributed by atoms with Gasteiger partial charge in [-0.25, -0.2) is 9.59 Å². The predicted octanol–water partition coefficient (Wildman–Crippen LogP) is 1.44. The maximum Gasteiger partial charge on any atom is 0.337 e. The summed E-state index contributed by atoms with van der Waals surface area (Å²) < 4.78 is 0. The summed E-state index contributed by atoms with van der Waals surface area (Å²) in [6, 6.07) is 3.58. The van der Waals surface area contributed by atoms with Gasteiger partial charge in [-0.1, -0.05) is 11.6 Å². The smallest absolute Gasteiger partial charge is 0.337 e. The van der Waals surface area contributed by atoms with E-state index >= 15 is 0 Å². The standard InChI is InChI=1S/C13H14ClN3O4/c14-7-1-4-9(12(19)20)10(5-7)17-13(21)15-6-11(18)16-8-2-3-8/h1,4-5,8H,2-3,6H2,(H,16,18)(H,19,20)(H2,15,17,21). The van der Waals surface area contributed by atoms with Crippen molar-refractivity contribution in [2.45, 2.75) is 18.9 Å². The Hall–Kier alpha value is -2.28. The fourth-order valence-corrected chi connectivity index (χ4v) is 1.81. The molecule has 1 aliphatic carbocycles. The molecule has 0 spiro atoms. The zero-order chi connectivity index (χ0) is 15.4. The van der Waals surface area contributed by atoms with Gasteiger partial charge in [-0.2, -0.15) is 0 Å². The number of carbonyl (C=O) groups excluding carboxylic acids is 2. The molecule has 8 heteroatoms. The minimum atomic E-state index is -1.19. The molecule has 1 aliphatic rings. The average Bonchev–Trinajstić information content (AvgIpc) is 3.20. The molecule has 2 rings (SSSR count). The van der Waals surface area contributed by atoms with Gasteiger partial charge in [0.25, 0.3) is 0 Å². The third-order valence-corrected chi connectivity index (χ3v) is 3.05. The van der Waals surface area contributed by atoms with Crippen molar-refractivity contribution in [3.05, 3.63) is 28.8 Å². The molecular formula is C13H14ClN3O4. The number of urea groups is 1. The van der Waals surface area contributed by atoms with Crippen LogP contribution in [0.25, 0.3) is 0 Å². The summed E-state index contributed by atoms with van der Waals surface area (Å²) >= 11 is 5.77. The quantitative estimate of drug-likeness (QED) is 0.660. The average molecular weight is 312 g/mol. The summed E-state index contributed by atoms with van der Waals surface area (Å²) in [5.74, 6) is -1.47. The first-order valence-electron chi connectivity index (χ1n) is 6.33. The van der Waals surface area contributed by atoms with Crippen molar-refractivity contribution in [2.24, 2.45) is 0 Å². The Morgan fingerprint density at radius 3 is 2.62 bits per heavy atom. The number of benzene rings is 1. The first kappa shape index (κ1) is 15.1. The van der Waals surface area contributed by atoms with E-state index in [1.165, 1.54) is 18.2 Å². The van der Waals surface area contributed by atoms with E-state index in [4.69, 9.17) is 16.7 Å². The van der Waals surface area contributed by atoms with E-state index in [-0.39, 0.29) is 29.7 Å². The Morgan fingerprint density at radius 2 is 2.00 bits per heavy atom. The summed E-state index contributed by atoms with van der Waals surface area (Å²) in [5.41, 5.74) is -0.0212. The van der Waals surface area contributed by atoms with Crippen LogP contribution in [0.15, 0.2) is 18.2 Å². The van der Waals surface area contributed by atoms with Gasteiger partial charge in [0, 0.05) is 11.1 Å². The van der Waals surface area contributed by atoms with Gasteiger partial charge < -0.3 is 21.1 Å². The van der Waals surface area contributed by atoms with Crippen molar-refractivity contribution < 1.29 is 19.5 Å². The molecule has 1 saturated carbocycles. The first-order chi connectivity index (χ1) is 9.95. The molecule has 0 radical (unpaired) electrons. The number of amides is 3. The highest BCUT2D eigenvalue weighted by Gasteiger charge is 2.23. The minimum Gasteiger partial charge on any atom is -0.478 e. The third-order valence-electron chi connectivity index (χ3n) is 2.81. The van der Waals surface area contributed by atoms with Crippen molar-refractivity contribution in [3.8, 4) is 0 Å². The Bertz CT molecular complexity index is 587. The van der Waals surface area contributed by atoms with Crippen LogP contribution in [-0.2, 0) is 4.79 Å². The minimum absolute atomic E-state index is 0.0649. The SMILES string of the molecule is O=C(CNC(=O)Nc1cc(Cl)ccc1C(=O)O)NC1CC1. The fraction of sp³-hybridized carbons (Fsp3) is 0.308. The second-order valence-corrected chi connectivity index (χ2v) is 5.08. The van der Waals surface area contributed by atoms with Gasteiger partial charge in [-0.05, 0) is 31.0 Å². The van der Waals surface area contributed by atoms with E-state index in [9.17, 15) is 14.4 Å². The van der Waals surface area contributed by atoms with Crippen molar-refractivity contribution >= 4 is 35.2 Å². The lowest BCUT2D eigenvalue weighted by Crippen LogP contribution is -2.39. The van der Waals surface area contributed by atoms with Gasteiger partial charge in [0.15, 0.2) is 0 Å². The van der Waals surface area contributed by atoms with Gasteiger partial charge in [0.1, 0.15) is 0 Å². The molecule has 0 aliphatic heterocycles. The summed E-state index contributed by atoms with van der Waals surface area (Å²) in [6.07, 6.45) is 1.92. The second-order valence-electron chi connectivity index (χ2n) is 4.64. The van der Waals surface area contributed by atoms with Crippen molar-refractivity contribution in [1.82, 2.24) is 10.6 Å². The zero-order valence-corrected chi connectivity index (χ0v) is 11.7. The molecule has 0 atom stereocenters. The van der Waals surface area contributed by atoms with Crippen LogP contribution in [0, 0.1) is 0 Å². The number of carbonyl (C=O) groups is 3. The van der Waals surface area contributed by atoms with Gasteiger partial charge in [0.05, 0.1) is 17.8 Å². The highest BCUT2D eigenvalue weighted by atomic mass is 35.5. The topological polar surface area (TPSA) is 108 Å². The van der Waals surface area contributed by atoms with Gasteiger partial charge in [0.2, 0.25) is 5.91 Å². The van der Waals surface area contributed by atoms with Crippen LogP contribution in [0.3, 0.4) is 0 Å². The third kappa shape index (κ3) is 4.64. The number of carboxylic acids is 1. The van der Waals surface area contributed by atoms with E-state index in [1.807, 2.05) is 0 Å². The molecule has 0 bridgehead atoms. The van der Waals surface area contributed by atoms with Crippen LogP contribution in [0.1, 0.15) is 23.2 Å². The van der Waals surface area contributed by atoms with Gasteiger partial charge >= 0.3 is 12.0 Å². The summed E-state index contributed by atoms with van der Waals surface area (Å²) in [4.78, 5) is 34.1. The fourth-order valence-electron chi connectivity index (χ4n) is 1.64. The van der Waals surface area contributed by atoms with Crippen LogP contribution in [0.5, 0.6) is 0 Å². The molecule has 4 N–H and O–H groups in total. The van der Waals surface area contributed by atoms with Gasteiger partial charge in [-0.15, -0.1) is 0 Å². The van der Waals surface area contributed by atoms with E-state index in [0.717, 1.165) is 12.8 Å².